The number of nitrogens with one attached hydrogen (secondary N) is 2. The molecule has 0 saturated carbocycles. The van der Waals surface area contributed by atoms with Crippen LogP contribution in [0.2, 0.25) is 0 Å². The summed E-state index contributed by atoms with van der Waals surface area (Å²) < 4.78 is 15.2. The van der Waals surface area contributed by atoms with Crippen molar-refractivity contribution in [2.24, 2.45) is 0 Å². The first-order chi connectivity index (χ1) is 12.7. The first kappa shape index (κ1) is 15.5. The fourth-order valence-corrected chi connectivity index (χ4v) is 3.82. The SMILES string of the molecule is O=C(C1CC(c2ccc(F)cc2)NN1)N1CCn2c1nc1ccccc12. The number of halogens is 1. The molecule has 1 saturated heterocycles. The van der Waals surface area contributed by atoms with E-state index in [1.807, 2.05) is 24.3 Å². The summed E-state index contributed by atoms with van der Waals surface area (Å²) in [5, 5.41) is 0. The number of carbonyl (C=O) groups is 1. The van der Waals surface area contributed by atoms with E-state index in [0.717, 1.165) is 23.1 Å². The molecular formula is C19H18FN5O. The maximum atomic E-state index is 13.1. The van der Waals surface area contributed by atoms with E-state index in [0.29, 0.717) is 18.9 Å². The number of rotatable bonds is 2. The van der Waals surface area contributed by atoms with Gasteiger partial charge in [0.05, 0.1) is 11.0 Å². The molecule has 5 rings (SSSR count). The van der Waals surface area contributed by atoms with Crippen molar-refractivity contribution < 1.29 is 9.18 Å². The molecule has 2 aromatic carbocycles. The van der Waals surface area contributed by atoms with Crippen molar-refractivity contribution in [2.45, 2.75) is 25.0 Å². The van der Waals surface area contributed by atoms with Gasteiger partial charge in [-0.2, -0.15) is 0 Å². The number of benzene rings is 2. The van der Waals surface area contributed by atoms with Gasteiger partial charge in [-0.1, -0.05) is 24.3 Å². The average Bonchev–Trinajstić information content (AvgIpc) is 3.37. The second-order valence-electron chi connectivity index (χ2n) is 6.72. The van der Waals surface area contributed by atoms with Gasteiger partial charge >= 0.3 is 0 Å². The third-order valence-corrected chi connectivity index (χ3v) is 5.16. The zero-order valence-corrected chi connectivity index (χ0v) is 14.0. The molecule has 2 aliphatic rings. The summed E-state index contributed by atoms with van der Waals surface area (Å²) in [6.07, 6.45) is 0.612. The number of hydrogen-bond acceptors (Lipinski definition) is 4. The Kier molecular flexibility index (Phi) is 3.51. The molecule has 2 unspecified atom stereocenters. The van der Waals surface area contributed by atoms with Crippen LogP contribution >= 0.6 is 0 Å². The number of nitrogens with zero attached hydrogens (tertiary/aromatic N) is 3. The molecular weight excluding hydrogens is 333 g/mol. The van der Waals surface area contributed by atoms with E-state index in [4.69, 9.17) is 0 Å². The van der Waals surface area contributed by atoms with Gasteiger partial charge in [0.2, 0.25) is 11.9 Å². The highest BCUT2D eigenvalue weighted by molar-refractivity contribution is 5.98. The number of fused-ring (bicyclic) bond motifs is 3. The molecule has 2 N–H and O–H groups in total. The molecule has 0 aliphatic carbocycles. The minimum atomic E-state index is -0.337. The summed E-state index contributed by atoms with van der Waals surface area (Å²) in [6, 6.07) is 13.9. The molecule has 7 heteroatoms. The summed E-state index contributed by atoms with van der Waals surface area (Å²) in [7, 11) is 0. The van der Waals surface area contributed by atoms with Crippen molar-refractivity contribution in [3.05, 3.63) is 59.9 Å². The van der Waals surface area contributed by atoms with E-state index < -0.39 is 0 Å². The normalized spacial score (nSPS) is 22.1. The number of hydrogen-bond donors (Lipinski definition) is 2. The van der Waals surface area contributed by atoms with Gasteiger partial charge in [0, 0.05) is 19.1 Å². The van der Waals surface area contributed by atoms with Crippen LogP contribution in [0.25, 0.3) is 11.0 Å². The van der Waals surface area contributed by atoms with Gasteiger partial charge in [-0.05, 0) is 36.2 Å². The lowest BCUT2D eigenvalue weighted by atomic mass is 10.0. The van der Waals surface area contributed by atoms with Crippen molar-refractivity contribution >= 4 is 22.9 Å². The molecule has 2 aliphatic heterocycles. The summed E-state index contributed by atoms with van der Waals surface area (Å²) in [5.74, 6) is 0.461. The van der Waals surface area contributed by atoms with Gasteiger partial charge in [-0.25, -0.2) is 20.2 Å². The van der Waals surface area contributed by atoms with Crippen LogP contribution in [0.3, 0.4) is 0 Å². The fourth-order valence-electron chi connectivity index (χ4n) is 3.82. The third-order valence-electron chi connectivity index (χ3n) is 5.16. The van der Waals surface area contributed by atoms with Crippen molar-refractivity contribution in [2.75, 3.05) is 11.4 Å². The summed E-state index contributed by atoms with van der Waals surface area (Å²) in [5.41, 5.74) is 9.16. The van der Waals surface area contributed by atoms with Crippen molar-refractivity contribution in [3.63, 3.8) is 0 Å². The number of hydrazine groups is 1. The highest BCUT2D eigenvalue weighted by Crippen LogP contribution is 2.29. The Labute approximate surface area is 149 Å². The number of anilines is 1. The summed E-state index contributed by atoms with van der Waals surface area (Å²) in [6.45, 7) is 1.38. The Bertz CT molecular complexity index is 983. The molecule has 26 heavy (non-hydrogen) atoms. The van der Waals surface area contributed by atoms with Crippen molar-refractivity contribution in [1.29, 1.82) is 0 Å². The molecule has 1 aromatic heterocycles. The maximum absolute atomic E-state index is 13.1. The molecule has 1 fully saturated rings. The van der Waals surface area contributed by atoms with E-state index in [-0.39, 0.29) is 23.8 Å². The standard InChI is InChI=1S/C19H18FN5O/c20-13-7-5-12(6-8-13)15-11-16(23-22-15)18(26)25-10-9-24-17-4-2-1-3-14(17)21-19(24)25/h1-8,15-16,22-23H,9-11H2. The largest absolute Gasteiger partial charge is 0.308 e. The maximum Gasteiger partial charge on any atom is 0.247 e. The first-order valence-electron chi connectivity index (χ1n) is 8.74. The number of imidazole rings is 1. The molecule has 0 bridgehead atoms. The minimum Gasteiger partial charge on any atom is -0.308 e. The van der Waals surface area contributed by atoms with Crippen LogP contribution in [-0.4, -0.2) is 28.0 Å². The fraction of sp³-hybridized carbons (Fsp3) is 0.263. The summed E-state index contributed by atoms with van der Waals surface area (Å²) in [4.78, 5) is 19.4. The van der Waals surface area contributed by atoms with Gasteiger partial charge in [-0.15, -0.1) is 0 Å². The quantitative estimate of drug-likeness (QED) is 0.743. The Hall–Kier alpha value is -2.77. The van der Waals surface area contributed by atoms with Crippen LogP contribution in [0.1, 0.15) is 18.0 Å². The zero-order chi connectivity index (χ0) is 17.7. The van der Waals surface area contributed by atoms with E-state index in [1.54, 1.807) is 17.0 Å². The zero-order valence-electron chi connectivity index (χ0n) is 14.0. The average molecular weight is 351 g/mol. The van der Waals surface area contributed by atoms with Gasteiger partial charge in [-0.3, -0.25) is 9.69 Å². The molecule has 3 aromatic rings. The van der Waals surface area contributed by atoms with E-state index in [1.165, 1.54) is 12.1 Å². The van der Waals surface area contributed by atoms with Crippen LogP contribution in [0, 0.1) is 5.82 Å². The minimum absolute atomic E-state index is 0.0103. The molecule has 6 nitrogen and oxygen atoms in total. The van der Waals surface area contributed by atoms with Gasteiger partial charge in [0.15, 0.2) is 0 Å². The third kappa shape index (κ3) is 2.40. The Morgan fingerprint density at radius 2 is 1.88 bits per heavy atom. The second kappa shape index (κ2) is 5.89. The number of aromatic nitrogens is 2. The topological polar surface area (TPSA) is 62.2 Å². The Morgan fingerprint density at radius 3 is 2.73 bits per heavy atom. The van der Waals surface area contributed by atoms with Crippen LogP contribution in [0.5, 0.6) is 0 Å². The van der Waals surface area contributed by atoms with Crippen LogP contribution < -0.4 is 15.8 Å². The summed E-state index contributed by atoms with van der Waals surface area (Å²) >= 11 is 0. The second-order valence-corrected chi connectivity index (χ2v) is 6.72. The first-order valence-corrected chi connectivity index (χ1v) is 8.74. The molecule has 1 amide bonds. The molecule has 3 heterocycles. The Balaban J connectivity index is 1.36. The monoisotopic (exact) mass is 351 g/mol. The lowest BCUT2D eigenvalue weighted by Gasteiger charge is -2.18. The number of carbonyl (C=O) groups excluding carboxylic acids is 1. The highest BCUT2D eigenvalue weighted by atomic mass is 19.1. The molecule has 0 radical (unpaired) electrons. The number of para-hydroxylation sites is 2. The van der Waals surface area contributed by atoms with E-state index >= 15 is 0 Å². The highest BCUT2D eigenvalue weighted by Gasteiger charge is 2.37. The Morgan fingerprint density at radius 1 is 1.08 bits per heavy atom. The van der Waals surface area contributed by atoms with Gasteiger partial charge < -0.3 is 4.57 Å². The van der Waals surface area contributed by atoms with Gasteiger partial charge in [0.1, 0.15) is 11.9 Å². The number of amides is 1. The van der Waals surface area contributed by atoms with E-state index in [2.05, 4.69) is 20.4 Å². The van der Waals surface area contributed by atoms with Gasteiger partial charge in [0.25, 0.3) is 0 Å². The predicted molar refractivity (Wildman–Crippen MR) is 95.9 cm³/mol. The van der Waals surface area contributed by atoms with E-state index in [9.17, 15) is 9.18 Å². The van der Waals surface area contributed by atoms with Crippen LogP contribution in [0.15, 0.2) is 48.5 Å². The lowest BCUT2D eigenvalue weighted by molar-refractivity contribution is -0.120. The smallest absolute Gasteiger partial charge is 0.247 e. The lowest BCUT2D eigenvalue weighted by Crippen LogP contribution is -2.45. The molecule has 132 valence electrons. The van der Waals surface area contributed by atoms with Crippen molar-refractivity contribution in [3.8, 4) is 0 Å². The van der Waals surface area contributed by atoms with Crippen LogP contribution in [-0.2, 0) is 11.3 Å². The van der Waals surface area contributed by atoms with Crippen LogP contribution in [0.4, 0.5) is 10.3 Å². The van der Waals surface area contributed by atoms with Crippen molar-refractivity contribution in [1.82, 2.24) is 20.4 Å². The predicted octanol–water partition coefficient (Wildman–Crippen LogP) is 2.13. The molecule has 0 spiro atoms. The molecule has 2 atom stereocenters.